The number of halogens is 1. The van der Waals surface area contributed by atoms with E-state index in [-0.39, 0.29) is 5.84 Å². The van der Waals surface area contributed by atoms with Crippen molar-refractivity contribution in [3.05, 3.63) is 58.7 Å². The fraction of sp³-hybridized carbons (Fsp3) is 0.0769. The fourth-order valence-corrected chi connectivity index (χ4v) is 1.57. The van der Waals surface area contributed by atoms with E-state index >= 15 is 0 Å². The largest absolute Gasteiger partial charge is 0.473 e. The number of aromatic nitrogens is 1. The lowest BCUT2D eigenvalue weighted by Crippen LogP contribution is -2.13. The number of hydrogen-bond donors (Lipinski definition) is 2. The molecule has 19 heavy (non-hydrogen) atoms. The van der Waals surface area contributed by atoms with Crippen molar-refractivity contribution in [3.8, 4) is 5.88 Å². The summed E-state index contributed by atoms with van der Waals surface area (Å²) >= 11 is 5.80. The van der Waals surface area contributed by atoms with Crippen molar-refractivity contribution in [2.24, 2.45) is 10.9 Å². The van der Waals surface area contributed by atoms with Crippen LogP contribution in [0.4, 0.5) is 0 Å². The van der Waals surface area contributed by atoms with Gasteiger partial charge in [0, 0.05) is 22.8 Å². The maximum atomic E-state index is 8.60. The van der Waals surface area contributed by atoms with Gasteiger partial charge in [-0.05, 0) is 23.8 Å². The minimum atomic E-state index is 0.0127. The normalized spacial score (nSPS) is 11.3. The molecule has 0 unspecified atom stereocenters. The van der Waals surface area contributed by atoms with Crippen LogP contribution in [0.2, 0.25) is 5.02 Å². The highest BCUT2D eigenvalue weighted by Crippen LogP contribution is 2.13. The molecule has 0 aliphatic heterocycles. The predicted molar refractivity (Wildman–Crippen MR) is 72.5 cm³/mol. The molecule has 2 rings (SSSR count). The number of nitrogens with two attached hydrogens (primary N) is 1. The highest BCUT2D eigenvalue weighted by Gasteiger charge is 2.03. The van der Waals surface area contributed by atoms with Crippen LogP contribution in [0.1, 0.15) is 11.1 Å². The molecule has 0 atom stereocenters. The summed E-state index contributed by atoms with van der Waals surface area (Å²) in [4.78, 5) is 4.05. The molecule has 1 aromatic carbocycles. The van der Waals surface area contributed by atoms with E-state index in [4.69, 9.17) is 27.3 Å². The second-order valence-electron chi connectivity index (χ2n) is 3.78. The summed E-state index contributed by atoms with van der Waals surface area (Å²) in [5, 5.41) is 12.2. The van der Waals surface area contributed by atoms with Gasteiger partial charge in [-0.1, -0.05) is 28.9 Å². The van der Waals surface area contributed by atoms with Gasteiger partial charge in [0.2, 0.25) is 5.88 Å². The van der Waals surface area contributed by atoms with E-state index in [0.717, 1.165) is 5.56 Å². The predicted octanol–water partition coefficient (Wildman–Crippen LogP) is 2.41. The highest BCUT2D eigenvalue weighted by molar-refractivity contribution is 6.30. The van der Waals surface area contributed by atoms with Gasteiger partial charge >= 0.3 is 0 Å². The molecule has 1 heterocycles. The second kappa shape index (κ2) is 6.06. The number of nitrogens with zero attached hydrogens (tertiary/aromatic N) is 2. The zero-order valence-electron chi connectivity index (χ0n) is 9.95. The summed E-state index contributed by atoms with van der Waals surface area (Å²) in [6.07, 6.45) is 1.53. The minimum absolute atomic E-state index is 0.0127. The Labute approximate surface area is 115 Å². The summed E-state index contributed by atoms with van der Waals surface area (Å²) in [6.45, 7) is 0.365. The van der Waals surface area contributed by atoms with Crippen molar-refractivity contribution >= 4 is 17.4 Å². The lowest BCUT2D eigenvalue weighted by Gasteiger charge is -2.06. The van der Waals surface area contributed by atoms with E-state index in [1.54, 1.807) is 24.3 Å². The third-order valence-corrected chi connectivity index (χ3v) is 2.69. The first-order chi connectivity index (χ1) is 9.19. The lowest BCUT2D eigenvalue weighted by atomic mass is 10.2. The van der Waals surface area contributed by atoms with Crippen LogP contribution in [-0.4, -0.2) is 16.0 Å². The van der Waals surface area contributed by atoms with Crippen LogP contribution in [0, 0.1) is 0 Å². The van der Waals surface area contributed by atoms with E-state index in [1.807, 2.05) is 12.1 Å². The van der Waals surface area contributed by atoms with E-state index in [2.05, 4.69) is 10.1 Å². The first-order valence-corrected chi connectivity index (χ1v) is 5.88. The van der Waals surface area contributed by atoms with Gasteiger partial charge in [0.25, 0.3) is 0 Å². The van der Waals surface area contributed by atoms with Crippen molar-refractivity contribution in [1.82, 2.24) is 4.98 Å². The van der Waals surface area contributed by atoms with Crippen LogP contribution in [0.25, 0.3) is 0 Å². The summed E-state index contributed by atoms with van der Waals surface area (Å²) in [6, 6.07) is 10.6. The van der Waals surface area contributed by atoms with Crippen molar-refractivity contribution in [2.45, 2.75) is 6.61 Å². The Bertz CT molecular complexity index is 585. The van der Waals surface area contributed by atoms with Crippen LogP contribution in [0.15, 0.2) is 47.8 Å². The van der Waals surface area contributed by atoms with Gasteiger partial charge < -0.3 is 15.7 Å². The number of pyridine rings is 1. The average molecular weight is 278 g/mol. The van der Waals surface area contributed by atoms with Crippen LogP contribution >= 0.6 is 11.6 Å². The molecule has 0 amide bonds. The van der Waals surface area contributed by atoms with E-state index in [0.29, 0.717) is 23.1 Å². The molecule has 98 valence electrons. The number of ether oxygens (including phenoxy) is 1. The molecule has 0 fully saturated rings. The Morgan fingerprint density at radius 2 is 2.05 bits per heavy atom. The van der Waals surface area contributed by atoms with E-state index in [1.165, 1.54) is 6.20 Å². The summed E-state index contributed by atoms with van der Waals surface area (Å²) in [5.74, 6) is 0.415. The zero-order valence-corrected chi connectivity index (χ0v) is 10.7. The van der Waals surface area contributed by atoms with Gasteiger partial charge in [0.05, 0.1) is 0 Å². The van der Waals surface area contributed by atoms with Gasteiger partial charge in [-0.25, -0.2) is 4.98 Å². The Morgan fingerprint density at radius 1 is 1.32 bits per heavy atom. The smallest absolute Gasteiger partial charge is 0.214 e. The van der Waals surface area contributed by atoms with Crippen LogP contribution in [0.5, 0.6) is 5.88 Å². The molecule has 0 aliphatic rings. The van der Waals surface area contributed by atoms with E-state index < -0.39 is 0 Å². The first kappa shape index (κ1) is 13.2. The molecule has 5 nitrogen and oxygen atoms in total. The molecule has 2 aromatic rings. The average Bonchev–Trinajstić information content (AvgIpc) is 2.46. The minimum Gasteiger partial charge on any atom is -0.473 e. The summed E-state index contributed by atoms with van der Waals surface area (Å²) in [5.41, 5.74) is 7.01. The van der Waals surface area contributed by atoms with Gasteiger partial charge in [-0.15, -0.1) is 0 Å². The summed E-state index contributed by atoms with van der Waals surface area (Å²) in [7, 11) is 0. The quantitative estimate of drug-likeness (QED) is 0.389. The zero-order chi connectivity index (χ0) is 13.7. The Kier molecular flexibility index (Phi) is 4.20. The molecule has 0 radical (unpaired) electrons. The number of hydrogen-bond acceptors (Lipinski definition) is 4. The maximum Gasteiger partial charge on any atom is 0.214 e. The SMILES string of the molecule is NC(=NO)c1ccnc(OCc2ccc(Cl)cc2)c1. The molecule has 0 saturated carbocycles. The lowest BCUT2D eigenvalue weighted by molar-refractivity contribution is 0.293. The van der Waals surface area contributed by atoms with Crippen molar-refractivity contribution in [1.29, 1.82) is 0 Å². The molecular weight excluding hydrogens is 266 g/mol. The summed E-state index contributed by atoms with van der Waals surface area (Å²) < 4.78 is 5.52. The van der Waals surface area contributed by atoms with Crippen molar-refractivity contribution < 1.29 is 9.94 Å². The number of amidine groups is 1. The number of benzene rings is 1. The van der Waals surface area contributed by atoms with Gasteiger partial charge in [-0.3, -0.25) is 0 Å². The van der Waals surface area contributed by atoms with E-state index in [9.17, 15) is 0 Å². The van der Waals surface area contributed by atoms with Gasteiger partial charge in [0.1, 0.15) is 6.61 Å². The number of rotatable bonds is 4. The van der Waals surface area contributed by atoms with Gasteiger partial charge in [-0.2, -0.15) is 0 Å². The molecule has 0 bridgehead atoms. The monoisotopic (exact) mass is 277 g/mol. The molecular formula is C13H12ClN3O2. The third kappa shape index (κ3) is 3.59. The fourth-order valence-electron chi connectivity index (χ4n) is 1.44. The van der Waals surface area contributed by atoms with Crippen molar-refractivity contribution in [3.63, 3.8) is 0 Å². The standard InChI is InChI=1S/C13H12ClN3O2/c14-11-3-1-9(2-4-11)8-19-12-7-10(5-6-16-12)13(15)17-18/h1-7,18H,8H2,(H2,15,17). The second-order valence-corrected chi connectivity index (χ2v) is 4.22. The number of oxime groups is 1. The molecule has 1 aromatic heterocycles. The topological polar surface area (TPSA) is 80.7 Å². The molecule has 6 heteroatoms. The molecule has 0 aliphatic carbocycles. The molecule has 3 N–H and O–H groups in total. The van der Waals surface area contributed by atoms with Gasteiger partial charge in [0.15, 0.2) is 5.84 Å². The van der Waals surface area contributed by atoms with Crippen LogP contribution in [0.3, 0.4) is 0 Å². The Balaban J connectivity index is 2.05. The van der Waals surface area contributed by atoms with Crippen LogP contribution in [-0.2, 0) is 6.61 Å². The maximum absolute atomic E-state index is 8.60. The first-order valence-electron chi connectivity index (χ1n) is 5.50. The van der Waals surface area contributed by atoms with Crippen molar-refractivity contribution in [2.75, 3.05) is 0 Å². The Hall–Kier alpha value is -2.27. The Morgan fingerprint density at radius 3 is 2.74 bits per heavy atom. The molecule has 0 spiro atoms. The third-order valence-electron chi connectivity index (χ3n) is 2.44. The van der Waals surface area contributed by atoms with Crippen LogP contribution < -0.4 is 10.5 Å². The highest BCUT2D eigenvalue weighted by atomic mass is 35.5. The molecule has 0 saturated heterocycles.